The average Bonchev–Trinajstić information content (AvgIpc) is 2.19. The van der Waals surface area contributed by atoms with E-state index in [0.717, 1.165) is 0 Å². The average molecular weight is 317 g/mol. The number of ketones is 1. The van der Waals surface area contributed by atoms with Gasteiger partial charge < -0.3 is 5.11 Å². The standard InChI is InChI=1S/C9H5BrClF3O2/c10-3-7(15)5-1-4(9(12,13)14)2-6(11)8(5)16/h1-2,16H,3H2. The van der Waals surface area contributed by atoms with Gasteiger partial charge in [0.25, 0.3) is 0 Å². The second-order valence-electron chi connectivity index (χ2n) is 2.91. The molecule has 1 N–H and O–H groups in total. The highest BCUT2D eigenvalue weighted by Crippen LogP contribution is 2.37. The minimum atomic E-state index is -4.61. The summed E-state index contributed by atoms with van der Waals surface area (Å²) in [6.07, 6.45) is -4.61. The van der Waals surface area contributed by atoms with Crippen LogP contribution >= 0.6 is 27.5 Å². The Balaban J connectivity index is 3.39. The lowest BCUT2D eigenvalue weighted by molar-refractivity contribution is -0.137. The van der Waals surface area contributed by atoms with Crippen LogP contribution in [0.3, 0.4) is 0 Å². The molecule has 0 aromatic heterocycles. The molecule has 2 nitrogen and oxygen atoms in total. The van der Waals surface area contributed by atoms with Crippen LogP contribution in [0.2, 0.25) is 5.02 Å². The van der Waals surface area contributed by atoms with Crippen LogP contribution in [0, 0.1) is 0 Å². The molecule has 0 bridgehead atoms. The summed E-state index contributed by atoms with van der Waals surface area (Å²) >= 11 is 8.21. The van der Waals surface area contributed by atoms with E-state index < -0.39 is 33.9 Å². The first kappa shape index (κ1) is 13.3. The number of carbonyl (C=O) groups excluding carboxylic acids is 1. The van der Waals surface area contributed by atoms with E-state index in [2.05, 4.69) is 15.9 Å². The number of benzene rings is 1. The summed E-state index contributed by atoms with van der Waals surface area (Å²) in [6.45, 7) is 0. The number of phenolic OH excluding ortho intramolecular Hbond substituents is 1. The highest BCUT2D eigenvalue weighted by Gasteiger charge is 2.32. The first-order valence-corrected chi connectivity index (χ1v) is 5.46. The second kappa shape index (κ2) is 4.63. The highest BCUT2D eigenvalue weighted by atomic mass is 79.9. The lowest BCUT2D eigenvalue weighted by Gasteiger charge is -2.10. The third kappa shape index (κ3) is 2.68. The molecule has 88 valence electrons. The predicted octanol–water partition coefficient (Wildman–Crippen LogP) is 3.64. The van der Waals surface area contributed by atoms with Crippen LogP contribution < -0.4 is 0 Å². The zero-order valence-corrected chi connectivity index (χ0v) is 9.95. The Morgan fingerprint density at radius 2 is 2.00 bits per heavy atom. The third-order valence-electron chi connectivity index (χ3n) is 1.81. The summed E-state index contributed by atoms with van der Waals surface area (Å²) in [5.41, 5.74) is -1.52. The van der Waals surface area contributed by atoms with Gasteiger partial charge in [0.1, 0.15) is 5.75 Å². The molecule has 1 aromatic rings. The van der Waals surface area contributed by atoms with Gasteiger partial charge in [0.15, 0.2) is 5.78 Å². The van der Waals surface area contributed by atoms with Gasteiger partial charge in [-0.1, -0.05) is 27.5 Å². The van der Waals surface area contributed by atoms with Crippen molar-refractivity contribution in [2.75, 3.05) is 5.33 Å². The smallest absolute Gasteiger partial charge is 0.416 e. The van der Waals surface area contributed by atoms with Crippen molar-refractivity contribution in [1.82, 2.24) is 0 Å². The molecule has 16 heavy (non-hydrogen) atoms. The first-order valence-electron chi connectivity index (χ1n) is 3.96. The van der Waals surface area contributed by atoms with Crippen molar-refractivity contribution >= 4 is 33.3 Å². The fourth-order valence-corrected chi connectivity index (χ4v) is 1.57. The minimum Gasteiger partial charge on any atom is -0.506 e. The zero-order chi connectivity index (χ0) is 12.5. The van der Waals surface area contributed by atoms with Gasteiger partial charge in [-0.3, -0.25) is 4.79 Å². The SMILES string of the molecule is O=C(CBr)c1cc(C(F)(F)F)cc(Cl)c1O. The molecule has 0 fully saturated rings. The van der Waals surface area contributed by atoms with E-state index in [1.54, 1.807) is 0 Å². The second-order valence-corrected chi connectivity index (χ2v) is 3.88. The summed E-state index contributed by atoms with van der Waals surface area (Å²) in [4.78, 5) is 11.2. The van der Waals surface area contributed by atoms with Crippen LogP contribution in [0.25, 0.3) is 0 Å². The maximum absolute atomic E-state index is 12.4. The number of rotatable bonds is 2. The number of hydrogen-bond donors (Lipinski definition) is 1. The summed E-state index contributed by atoms with van der Waals surface area (Å²) in [5.74, 6) is -1.32. The molecule has 7 heteroatoms. The van der Waals surface area contributed by atoms with Crippen molar-refractivity contribution in [2.24, 2.45) is 0 Å². The molecule has 0 spiro atoms. The Labute approximate surface area is 102 Å². The number of halogens is 5. The van der Waals surface area contributed by atoms with Crippen LogP contribution in [-0.4, -0.2) is 16.2 Å². The molecular weight excluding hydrogens is 312 g/mol. The van der Waals surface area contributed by atoms with Gasteiger partial charge in [-0.25, -0.2) is 0 Å². The van der Waals surface area contributed by atoms with Gasteiger partial charge >= 0.3 is 6.18 Å². The van der Waals surface area contributed by atoms with Crippen molar-refractivity contribution in [3.05, 3.63) is 28.3 Å². The zero-order valence-electron chi connectivity index (χ0n) is 7.61. The molecule has 0 radical (unpaired) electrons. The van der Waals surface area contributed by atoms with E-state index in [4.69, 9.17) is 11.6 Å². The largest absolute Gasteiger partial charge is 0.506 e. The van der Waals surface area contributed by atoms with Gasteiger partial charge in [0.2, 0.25) is 0 Å². The molecular formula is C9H5BrClF3O2. The van der Waals surface area contributed by atoms with Crippen molar-refractivity contribution in [1.29, 1.82) is 0 Å². The van der Waals surface area contributed by atoms with E-state index >= 15 is 0 Å². The van der Waals surface area contributed by atoms with Gasteiger partial charge in [-0.05, 0) is 12.1 Å². The number of Topliss-reactive ketones (excluding diaryl/α,β-unsaturated/α-hetero) is 1. The molecule has 1 aromatic carbocycles. The normalized spacial score (nSPS) is 11.6. The van der Waals surface area contributed by atoms with E-state index in [1.165, 1.54) is 0 Å². The quantitative estimate of drug-likeness (QED) is 0.668. The molecule has 0 aliphatic heterocycles. The van der Waals surface area contributed by atoms with Crippen LogP contribution in [0.15, 0.2) is 12.1 Å². The van der Waals surface area contributed by atoms with E-state index in [-0.39, 0.29) is 5.33 Å². The summed E-state index contributed by atoms with van der Waals surface area (Å²) in [6, 6.07) is 1.15. The Hall–Kier alpha value is -0.750. The summed E-state index contributed by atoms with van der Waals surface area (Å²) in [7, 11) is 0. The van der Waals surface area contributed by atoms with Crippen molar-refractivity contribution in [3.63, 3.8) is 0 Å². The Kier molecular flexibility index (Phi) is 3.85. The maximum Gasteiger partial charge on any atom is 0.416 e. The fourth-order valence-electron chi connectivity index (χ4n) is 1.05. The minimum absolute atomic E-state index is 0.196. The van der Waals surface area contributed by atoms with Crippen molar-refractivity contribution in [3.8, 4) is 5.75 Å². The number of aromatic hydroxyl groups is 1. The number of alkyl halides is 4. The van der Waals surface area contributed by atoms with E-state index in [0.29, 0.717) is 12.1 Å². The number of carbonyl (C=O) groups is 1. The molecule has 0 amide bonds. The number of phenols is 1. The molecule has 0 unspecified atom stereocenters. The predicted molar refractivity (Wildman–Crippen MR) is 56.2 cm³/mol. The number of hydrogen-bond acceptors (Lipinski definition) is 2. The van der Waals surface area contributed by atoms with Gasteiger partial charge in [0.05, 0.1) is 21.5 Å². The summed E-state index contributed by atoms with van der Waals surface area (Å²) in [5, 5.41) is 8.65. The molecule has 0 aliphatic rings. The van der Waals surface area contributed by atoms with Crippen molar-refractivity contribution in [2.45, 2.75) is 6.18 Å². The molecule has 1 rings (SSSR count). The third-order valence-corrected chi connectivity index (χ3v) is 2.61. The first-order chi connectivity index (χ1) is 7.27. The molecule has 0 atom stereocenters. The Morgan fingerprint density at radius 1 is 1.44 bits per heavy atom. The molecule has 0 aliphatic carbocycles. The lowest BCUT2D eigenvalue weighted by atomic mass is 10.1. The van der Waals surface area contributed by atoms with E-state index in [1.807, 2.05) is 0 Å². The maximum atomic E-state index is 12.4. The Morgan fingerprint density at radius 3 is 2.44 bits per heavy atom. The molecule has 0 heterocycles. The van der Waals surface area contributed by atoms with Gasteiger partial charge in [-0.15, -0.1) is 0 Å². The van der Waals surface area contributed by atoms with E-state index in [9.17, 15) is 23.1 Å². The lowest BCUT2D eigenvalue weighted by Crippen LogP contribution is -2.08. The monoisotopic (exact) mass is 316 g/mol. The van der Waals surface area contributed by atoms with Gasteiger partial charge in [0, 0.05) is 0 Å². The van der Waals surface area contributed by atoms with Gasteiger partial charge in [-0.2, -0.15) is 13.2 Å². The molecule has 0 saturated carbocycles. The topological polar surface area (TPSA) is 37.3 Å². The van der Waals surface area contributed by atoms with Crippen LogP contribution in [0.1, 0.15) is 15.9 Å². The van der Waals surface area contributed by atoms with Crippen LogP contribution in [0.5, 0.6) is 5.75 Å². The summed E-state index contributed by atoms with van der Waals surface area (Å²) < 4.78 is 37.2. The fraction of sp³-hybridized carbons (Fsp3) is 0.222. The Bertz CT molecular complexity index is 431. The molecule has 0 saturated heterocycles. The van der Waals surface area contributed by atoms with Crippen LogP contribution in [-0.2, 0) is 6.18 Å². The highest BCUT2D eigenvalue weighted by molar-refractivity contribution is 9.09. The van der Waals surface area contributed by atoms with Crippen LogP contribution in [0.4, 0.5) is 13.2 Å². The van der Waals surface area contributed by atoms with Crippen molar-refractivity contribution < 1.29 is 23.1 Å².